The van der Waals surface area contributed by atoms with Crippen molar-refractivity contribution >= 4 is 46.2 Å². The van der Waals surface area contributed by atoms with Crippen LogP contribution < -0.4 is 16.2 Å². The molecule has 0 bridgehead atoms. The predicted octanol–water partition coefficient (Wildman–Crippen LogP) is 3.18. The largest absolute Gasteiger partial charge is 0.335 e. The molecule has 3 rings (SSSR count). The van der Waals surface area contributed by atoms with E-state index in [0.29, 0.717) is 33.5 Å². The molecule has 0 spiro atoms. The zero-order chi connectivity index (χ0) is 20.3. The van der Waals surface area contributed by atoms with Crippen molar-refractivity contribution in [2.24, 2.45) is 5.92 Å². The maximum atomic E-state index is 12.9. The number of benzene rings is 1. The van der Waals surface area contributed by atoms with E-state index in [4.69, 9.17) is 11.6 Å². The second kappa shape index (κ2) is 8.96. The Morgan fingerprint density at radius 1 is 1.36 bits per heavy atom. The average molecular weight is 423 g/mol. The van der Waals surface area contributed by atoms with E-state index in [0.717, 1.165) is 31.0 Å². The van der Waals surface area contributed by atoms with E-state index in [-0.39, 0.29) is 17.4 Å². The van der Waals surface area contributed by atoms with Crippen molar-refractivity contribution in [2.75, 3.05) is 5.75 Å². The van der Waals surface area contributed by atoms with Crippen LogP contribution >= 0.6 is 23.4 Å². The van der Waals surface area contributed by atoms with E-state index in [9.17, 15) is 14.4 Å². The van der Waals surface area contributed by atoms with E-state index in [2.05, 4.69) is 29.5 Å². The van der Waals surface area contributed by atoms with Crippen LogP contribution in [-0.2, 0) is 11.3 Å². The molecule has 0 unspecified atom stereocenters. The Morgan fingerprint density at radius 3 is 2.79 bits per heavy atom. The fourth-order valence-corrected chi connectivity index (χ4v) is 3.60. The summed E-state index contributed by atoms with van der Waals surface area (Å²) in [6, 6.07) is 4.66. The lowest BCUT2D eigenvalue weighted by Crippen LogP contribution is -2.41. The van der Waals surface area contributed by atoms with Gasteiger partial charge in [-0.2, -0.15) is 0 Å². The van der Waals surface area contributed by atoms with Crippen molar-refractivity contribution in [3.63, 3.8) is 0 Å². The summed E-state index contributed by atoms with van der Waals surface area (Å²) in [5.74, 6) is -0.0303. The maximum absolute atomic E-state index is 12.9. The zero-order valence-corrected chi connectivity index (χ0v) is 17.4. The van der Waals surface area contributed by atoms with E-state index < -0.39 is 11.9 Å². The number of fused-ring (bicyclic) bond motifs is 1. The summed E-state index contributed by atoms with van der Waals surface area (Å²) in [6.07, 6.45) is 2.70. The second-order valence-corrected chi connectivity index (χ2v) is 8.66. The number of thioether (sulfide) groups is 1. The highest BCUT2D eigenvalue weighted by Crippen LogP contribution is 2.21. The van der Waals surface area contributed by atoms with Gasteiger partial charge in [0.25, 0.3) is 5.56 Å². The van der Waals surface area contributed by atoms with Crippen LogP contribution in [0.25, 0.3) is 10.9 Å². The number of carbonyl (C=O) groups excluding carboxylic acids is 2. The molecule has 1 aliphatic rings. The van der Waals surface area contributed by atoms with E-state index in [1.165, 1.54) is 0 Å². The first kappa shape index (κ1) is 20.7. The monoisotopic (exact) mass is 422 g/mol. The minimum absolute atomic E-state index is 0.0156. The smallest absolute Gasteiger partial charge is 0.321 e. The van der Waals surface area contributed by atoms with Gasteiger partial charge in [-0.1, -0.05) is 37.2 Å². The van der Waals surface area contributed by atoms with Gasteiger partial charge in [-0.25, -0.2) is 9.78 Å². The number of rotatable bonds is 7. The third kappa shape index (κ3) is 5.48. The molecule has 2 N–H and O–H groups in total. The summed E-state index contributed by atoms with van der Waals surface area (Å²) in [5, 5.41) is 6.43. The third-order valence-corrected chi connectivity index (χ3v) is 5.52. The molecule has 1 aromatic heterocycles. The molecule has 3 amide bonds. The standard InChI is InChI=1S/C19H23ClN4O3S/c1-11(2)7-8-24-17(26)14-6-3-12(20)9-15(14)22-19(24)28-10-16(25)23-18(27)21-13-4-5-13/h3,6,9,11,13H,4-5,7-8,10H2,1-2H3,(H2,21,23,25,27). The fourth-order valence-electron chi connectivity index (χ4n) is 2.61. The SMILES string of the molecule is CC(C)CCn1c(SCC(=O)NC(=O)NC2CC2)nc2cc(Cl)ccc2c1=O. The summed E-state index contributed by atoms with van der Waals surface area (Å²) >= 11 is 7.17. The van der Waals surface area contributed by atoms with Crippen LogP contribution in [0.3, 0.4) is 0 Å². The highest BCUT2D eigenvalue weighted by Gasteiger charge is 2.24. The maximum Gasteiger partial charge on any atom is 0.321 e. The van der Waals surface area contributed by atoms with Crippen LogP contribution in [0, 0.1) is 5.92 Å². The molecule has 1 aromatic carbocycles. The first-order chi connectivity index (χ1) is 13.3. The van der Waals surface area contributed by atoms with Gasteiger partial charge in [-0.3, -0.25) is 19.5 Å². The first-order valence-electron chi connectivity index (χ1n) is 9.26. The van der Waals surface area contributed by atoms with Gasteiger partial charge in [-0.05, 0) is 43.4 Å². The van der Waals surface area contributed by atoms with Gasteiger partial charge in [0.2, 0.25) is 5.91 Å². The molecule has 0 aliphatic heterocycles. The first-order valence-corrected chi connectivity index (χ1v) is 10.6. The number of urea groups is 1. The lowest BCUT2D eigenvalue weighted by molar-refractivity contribution is -0.117. The molecular weight excluding hydrogens is 400 g/mol. The summed E-state index contributed by atoms with van der Waals surface area (Å²) in [7, 11) is 0. The second-order valence-electron chi connectivity index (χ2n) is 7.28. The number of hydrogen-bond acceptors (Lipinski definition) is 5. The summed E-state index contributed by atoms with van der Waals surface area (Å²) in [5.41, 5.74) is 0.337. The van der Waals surface area contributed by atoms with E-state index in [1.54, 1.807) is 22.8 Å². The Balaban J connectivity index is 1.78. The predicted molar refractivity (Wildman–Crippen MR) is 111 cm³/mol. The molecule has 1 fully saturated rings. The number of carbonyl (C=O) groups is 2. The van der Waals surface area contributed by atoms with Crippen LogP contribution in [-0.4, -0.2) is 33.3 Å². The van der Waals surface area contributed by atoms with Gasteiger partial charge in [0.1, 0.15) is 0 Å². The molecule has 0 radical (unpaired) electrons. The van der Waals surface area contributed by atoms with Crippen LogP contribution in [0.5, 0.6) is 0 Å². The van der Waals surface area contributed by atoms with Gasteiger partial charge in [-0.15, -0.1) is 0 Å². The van der Waals surface area contributed by atoms with Gasteiger partial charge >= 0.3 is 6.03 Å². The molecule has 9 heteroatoms. The number of amides is 3. The molecule has 1 heterocycles. The summed E-state index contributed by atoms with van der Waals surface area (Å²) in [4.78, 5) is 41.2. The van der Waals surface area contributed by atoms with Gasteiger partial charge in [0, 0.05) is 17.6 Å². The molecule has 0 saturated heterocycles. The topological polar surface area (TPSA) is 93.1 Å². The average Bonchev–Trinajstić information content (AvgIpc) is 3.42. The molecule has 7 nitrogen and oxygen atoms in total. The Hall–Kier alpha value is -2.06. The number of nitrogens with one attached hydrogen (secondary N) is 2. The zero-order valence-electron chi connectivity index (χ0n) is 15.8. The summed E-state index contributed by atoms with van der Waals surface area (Å²) < 4.78 is 1.60. The lowest BCUT2D eigenvalue weighted by Gasteiger charge is -2.14. The summed E-state index contributed by atoms with van der Waals surface area (Å²) in [6.45, 7) is 4.67. The van der Waals surface area contributed by atoms with Crippen molar-refractivity contribution in [1.29, 1.82) is 0 Å². The van der Waals surface area contributed by atoms with Crippen molar-refractivity contribution < 1.29 is 9.59 Å². The molecule has 28 heavy (non-hydrogen) atoms. The van der Waals surface area contributed by atoms with Crippen molar-refractivity contribution in [2.45, 2.75) is 50.9 Å². The van der Waals surface area contributed by atoms with Gasteiger partial charge in [0.05, 0.1) is 16.7 Å². The Bertz CT molecular complexity index is 956. The lowest BCUT2D eigenvalue weighted by atomic mass is 10.1. The third-order valence-electron chi connectivity index (χ3n) is 4.31. The normalized spacial score (nSPS) is 13.7. The Labute approximate surface area is 172 Å². The van der Waals surface area contributed by atoms with Gasteiger partial charge in [0.15, 0.2) is 5.16 Å². The number of hydrogen-bond donors (Lipinski definition) is 2. The minimum atomic E-state index is -0.483. The van der Waals surface area contributed by atoms with Crippen LogP contribution in [0.15, 0.2) is 28.2 Å². The molecule has 150 valence electrons. The Morgan fingerprint density at radius 2 is 2.11 bits per heavy atom. The molecule has 1 aliphatic carbocycles. The van der Waals surface area contributed by atoms with E-state index in [1.807, 2.05) is 0 Å². The highest BCUT2D eigenvalue weighted by atomic mass is 35.5. The van der Waals surface area contributed by atoms with Crippen LogP contribution in [0.2, 0.25) is 5.02 Å². The van der Waals surface area contributed by atoms with Gasteiger partial charge < -0.3 is 5.32 Å². The van der Waals surface area contributed by atoms with Crippen molar-refractivity contribution in [3.05, 3.63) is 33.6 Å². The number of halogens is 1. The van der Waals surface area contributed by atoms with E-state index >= 15 is 0 Å². The molecule has 1 saturated carbocycles. The quantitative estimate of drug-likeness (QED) is 0.528. The molecule has 0 atom stereocenters. The minimum Gasteiger partial charge on any atom is -0.335 e. The molecular formula is C19H23ClN4O3S. The number of aromatic nitrogens is 2. The fraction of sp³-hybridized carbons (Fsp3) is 0.474. The van der Waals surface area contributed by atoms with Crippen LogP contribution in [0.1, 0.15) is 33.1 Å². The number of nitrogens with zero attached hydrogens (tertiary/aromatic N) is 2. The molecule has 2 aromatic rings. The van der Waals surface area contributed by atoms with Crippen molar-refractivity contribution in [3.8, 4) is 0 Å². The highest BCUT2D eigenvalue weighted by molar-refractivity contribution is 7.99. The number of imide groups is 1. The van der Waals surface area contributed by atoms with Crippen LogP contribution in [0.4, 0.5) is 4.79 Å². The van der Waals surface area contributed by atoms with Crippen molar-refractivity contribution in [1.82, 2.24) is 20.2 Å². The Kier molecular flexibility index (Phi) is 6.61.